The van der Waals surface area contributed by atoms with Crippen LogP contribution in [0.3, 0.4) is 0 Å². The summed E-state index contributed by atoms with van der Waals surface area (Å²) >= 11 is 3.34. The van der Waals surface area contributed by atoms with Crippen molar-refractivity contribution in [1.29, 1.82) is 0 Å². The molecule has 0 spiro atoms. The van der Waals surface area contributed by atoms with E-state index in [0.717, 1.165) is 30.4 Å². The van der Waals surface area contributed by atoms with E-state index in [1.165, 1.54) is 0 Å². The number of nitrogens with zero attached hydrogens (tertiary/aromatic N) is 1. The monoisotopic (exact) mass is 329 g/mol. The maximum atomic E-state index is 11.1. The second kappa shape index (κ2) is 8.17. The van der Waals surface area contributed by atoms with Crippen molar-refractivity contribution >= 4 is 22.2 Å². The molecule has 5 heteroatoms. The standard InChI is InChI=1S/C14H20BrNO3/c1-4-16(5-2)6-7-19-14-11(10-17)8-12(15)9-13(14)18-3/h8-10H,4-7H2,1-3H3. The van der Waals surface area contributed by atoms with Gasteiger partial charge in [-0.05, 0) is 25.2 Å². The summed E-state index contributed by atoms with van der Waals surface area (Å²) in [6, 6.07) is 3.52. The molecule has 1 aromatic carbocycles. The highest BCUT2D eigenvalue weighted by molar-refractivity contribution is 9.10. The number of hydrogen-bond acceptors (Lipinski definition) is 4. The fourth-order valence-corrected chi connectivity index (χ4v) is 2.25. The lowest BCUT2D eigenvalue weighted by Crippen LogP contribution is -2.28. The second-order valence-electron chi connectivity index (χ2n) is 4.02. The van der Waals surface area contributed by atoms with Crippen molar-refractivity contribution < 1.29 is 14.3 Å². The number of likely N-dealkylation sites (N-methyl/N-ethyl adjacent to an activating group) is 1. The third-order valence-electron chi connectivity index (χ3n) is 2.94. The Kier molecular flexibility index (Phi) is 6.87. The van der Waals surface area contributed by atoms with Crippen LogP contribution in [0.4, 0.5) is 0 Å². The maximum Gasteiger partial charge on any atom is 0.171 e. The quantitative estimate of drug-likeness (QED) is 0.687. The van der Waals surface area contributed by atoms with Gasteiger partial charge < -0.3 is 14.4 Å². The molecule has 4 nitrogen and oxygen atoms in total. The molecular formula is C14H20BrNO3. The minimum atomic E-state index is 0.491. The Morgan fingerprint density at radius 1 is 1.32 bits per heavy atom. The van der Waals surface area contributed by atoms with E-state index in [1.807, 2.05) is 0 Å². The molecule has 0 radical (unpaired) electrons. The van der Waals surface area contributed by atoms with Gasteiger partial charge in [0, 0.05) is 11.0 Å². The molecule has 0 N–H and O–H groups in total. The summed E-state index contributed by atoms with van der Waals surface area (Å²) in [6.07, 6.45) is 0.778. The Morgan fingerprint density at radius 2 is 2.00 bits per heavy atom. The molecule has 0 amide bonds. The van der Waals surface area contributed by atoms with Gasteiger partial charge in [-0.1, -0.05) is 29.8 Å². The summed E-state index contributed by atoms with van der Waals surface area (Å²) in [5, 5.41) is 0. The number of carbonyl (C=O) groups excluding carboxylic acids is 1. The number of halogens is 1. The first kappa shape index (κ1) is 16.0. The number of rotatable bonds is 8. The minimum absolute atomic E-state index is 0.491. The van der Waals surface area contributed by atoms with Gasteiger partial charge in [0.15, 0.2) is 17.8 Å². The van der Waals surface area contributed by atoms with Gasteiger partial charge >= 0.3 is 0 Å². The van der Waals surface area contributed by atoms with Crippen molar-refractivity contribution in [2.75, 3.05) is 33.4 Å². The second-order valence-corrected chi connectivity index (χ2v) is 4.94. The van der Waals surface area contributed by atoms with Gasteiger partial charge in [-0.15, -0.1) is 0 Å². The molecule has 0 aliphatic carbocycles. The lowest BCUT2D eigenvalue weighted by Gasteiger charge is -2.19. The molecule has 106 valence electrons. The van der Waals surface area contributed by atoms with Crippen LogP contribution in [0.2, 0.25) is 0 Å². The zero-order valence-corrected chi connectivity index (χ0v) is 13.2. The third-order valence-corrected chi connectivity index (χ3v) is 3.40. The molecule has 0 fully saturated rings. The molecule has 0 saturated heterocycles. The first-order valence-electron chi connectivity index (χ1n) is 6.34. The maximum absolute atomic E-state index is 11.1. The van der Waals surface area contributed by atoms with E-state index in [2.05, 4.69) is 34.7 Å². The fraction of sp³-hybridized carbons (Fsp3) is 0.500. The van der Waals surface area contributed by atoms with Crippen LogP contribution in [0.15, 0.2) is 16.6 Å². The van der Waals surface area contributed by atoms with Crippen molar-refractivity contribution in [2.24, 2.45) is 0 Å². The van der Waals surface area contributed by atoms with Crippen LogP contribution in [0, 0.1) is 0 Å². The largest absolute Gasteiger partial charge is 0.493 e. The van der Waals surface area contributed by atoms with Crippen molar-refractivity contribution in [3.05, 3.63) is 22.2 Å². The molecule has 0 aliphatic heterocycles. The van der Waals surface area contributed by atoms with Gasteiger partial charge in [-0.2, -0.15) is 0 Å². The highest BCUT2D eigenvalue weighted by Crippen LogP contribution is 2.33. The Labute approximate surface area is 122 Å². The van der Waals surface area contributed by atoms with E-state index in [9.17, 15) is 4.79 Å². The molecule has 0 unspecified atom stereocenters. The van der Waals surface area contributed by atoms with E-state index >= 15 is 0 Å². The summed E-state index contributed by atoms with van der Waals surface area (Å²) in [7, 11) is 1.56. The highest BCUT2D eigenvalue weighted by atomic mass is 79.9. The summed E-state index contributed by atoms with van der Waals surface area (Å²) in [5.41, 5.74) is 0.491. The smallest absolute Gasteiger partial charge is 0.171 e. The summed E-state index contributed by atoms with van der Waals surface area (Å²) < 4.78 is 11.8. The Bertz CT molecular complexity index is 419. The Balaban J connectivity index is 2.79. The molecule has 0 atom stereocenters. The van der Waals surface area contributed by atoms with E-state index in [4.69, 9.17) is 9.47 Å². The highest BCUT2D eigenvalue weighted by Gasteiger charge is 2.12. The molecule has 0 aliphatic rings. The SMILES string of the molecule is CCN(CC)CCOc1c(C=O)cc(Br)cc1OC. The zero-order valence-electron chi connectivity index (χ0n) is 11.6. The van der Waals surface area contributed by atoms with Crippen LogP contribution in [-0.2, 0) is 0 Å². The number of carbonyl (C=O) groups is 1. The van der Waals surface area contributed by atoms with Crippen LogP contribution in [0.25, 0.3) is 0 Å². The fourth-order valence-electron chi connectivity index (χ4n) is 1.80. The molecule has 0 heterocycles. The van der Waals surface area contributed by atoms with E-state index in [0.29, 0.717) is 23.7 Å². The average molecular weight is 330 g/mol. The van der Waals surface area contributed by atoms with Crippen LogP contribution >= 0.6 is 15.9 Å². The first-order valence-corrected chi connectivity index (χ1v) is 7.13. The van der Waals surface area contributed by atoms with Gasteiger partial charge in [0.2, 0.25) is 0 Å². The summed E-state index contributed by atoms with van der Waals surface area (Å²) in [6.45, 7) is 7.54. The number of ether oxygens (including phenoxy) is 2. The molecule has 1 rings (SSSR count). The number of benzene rings is 1. The van der Waals surface area contributed by atoms with Crippen molar-refractivity contribution in [2.45, 2.75) is 13.8 Å². The van der Waals surface area contributed by atoms with Crippen molar-refractivity contribution in [1.82, 2.24) is 4.90 Å². The predicted molar refractivity (Wildman–Crippen MR) is 79.4 cm³/mol. The number of methoxy groups -OCH3 is 1. The van der Waals surface area contributed by atoms with Crippen LogP contribution in [0.1, 0.15) is 24.2 Å². The average Bonchev–Trinajstić information content (AvgIpc) is 2.44. The topological polar surface area (TPSA) is 38.8 Å². The molecule has 0 saturated carbocycles. The van der Waals surface area contributed by atoms with Gasteiger partial charge in [-0.3, -0.25) is 4.79 Å². The molecule has 0 bridgehead atoms. The summed E-state index contributed by atoms with van der Waals surface area (Å²) in [5.74, 6) is 1.07. The van der Waals surface area contributed by atoms with E-state index in [1.54, 1.807) is 19.2 Å². The van der Waals surface area contributed by atoms with Crippen LogP contribution in [0.5, 0.6) is 11.5 Å². The summed E-state index contributed by atoms with van der Waals surface area (Å²) in [4.78, 5) is 13.3. The number of aldehydes is 1. The van der Waals surface area contributed by atoms with Gasteiger partial charge in [0.1, 0.15) is 6.61 Å². The predicted octanol–water partition coefficient (Wildman–Crippen LogP) is 2.99. The van der Waals surface area contributed by atoms with E-state index in [-0.39, 0.29) is 0 Å². The first-order chi connectivity index (χ1) is 9.15. The third kappa shape index (κ3) is 4.51. The Morgan fingerprint density at radius 3 is 2.53 bits per heavy atom. The molecular weight excluding hydrogens is 310 g/mol. The van der Waals surface area contributed by atoms with E-state index < -0.39 is 0 Å². The molecule has 1 aromatic rings. The van der Waals surface area contributed by atoms with Crippen molar-refractivity contribution in [3.63, 3.8) is 0 Å². The normalized spacial score (nSPS) is 10.6. The van der Waals surface area contributed by atoms with Gasteiger partial charge in [0.05, 0.1) is 12.7 Å². The van der Waals surface area contributed by atoms with Gasteiger partial charge in [0.25, 0.3) is 0 Å². The minimum Gasteiger partial charge on any atom is -0.493 e. The molecule has 0 aromatic heterocycles. The lowest BCUT2D eigenvalue weighted by atomic mass is 10.2. The number of hydrogen-bond donors (Lipinski definition) is 0. The molecule has 19 heavy (non-hydrogen) atoms. The van der Waals surface area contributed by atoms with Gasteiger partial charge in [-0.25, -0.2) is 0 Å². The Hall–Kier alpha value is -1.07. The van der Waals surface area contributed by atoms with Crippen LogP contribution in [-0.4, -0.2) is 44.5 Å². The van der Waals surface area contributed by atoms with Crippen molar-refractivity contribution in [3.8, 4) is 11.5 Å². The van der Waals surface area contributed by atoms with Crippen LogP contribution < -0.4 is 9.47 Å². The zero-order chi connectivity index (χ0) is 14.3. The lowest BCUT2D eigenvalue weighted by molar-refractivity contribution is 0.111.